The number of hydrogen-bond donors (Lipinski definition) is 3. The molecule has 7 nitrogen and oxygen atoms in total. The van der Waals surface area contributed by atoms with Crippen LogP contribution in [0, 0.1) is 0 Å². The van der Waals surface area contributed by atoms with E-state index in [0.717, 1.165) is 12.1 Å². The van der Waals surface area contributed by atoms with Crippen molar-refractivity contribution in [2.75, 3.05) is 4.72 Å². The number of aromatic hydroxyl groups is 1. The number of sulfonamides is 1. The Balaban J connectivity index is 1.65. The number of hydrogen-bond acceptors (Lipinski definition) is 5. The van der Waals surface area contributed by atoms with E-state index >= 15 is 0 Å². The number of fused-ring (bicyclic) bond motifs is 1. The molecular formula is C23H16F3N3O4S. The molecule has 34 heavy (non-hydrogen) atoms. The average molecular weight is 487 g/mol. The number of pyridine rings is 1. The van der Waals surface area contributed by atoms with Gasteiger partial charge in [-0.25, -0.2) is 8.42 Å². The summed E-state index contributed by atoms with van der Waals surface area (Å²) in [5, 5.41) is 10.9. The minimum absolute atomic E-state index is 0.196. The number of aromatic nitrogens is 1. The highest BCUT2D eigenvalue weighted by atomic mass is 32.2. The Morgan fingerprint density at radius 2 is 1.65 bits per heavy atom. The molecule has 4 rings (SSSR count). The molecule has 0 unspecified atom stereocenters. The lowest BCUT2D eigenvalue weighted by Crippen LogP contribution is -2.14. The van der Waals surface area contributed by atoms with Gasteiger partial charge in [0.1, 0.15) is 0 Å². The van der Waals surface area contributed by atoms with E-state index in [2.05, 4.69) is 14.7 Å². The third-order valence-electron chi connectivity index (χ3n) is 4.86. The molecule has 0 bridgehead atoms. The van der Waals surface area contributed by atoms with Gasteiger partial charge in [-0.05, 0) is 42.5 Å². The monoisotopic (exact) mass is 487 g/mol. The predicted molar refractivity (Wildman–Crippen MR) is 122 cm³/mol. The molecule has 1 heterocycles. The Morgan fingerprint density at radius 3 is 2.38 bits per heavy atom. The number of nitrogens with one attached hydrogen (secondary N) is 2. The first-order chi connectivity index (χ1) is 16.0. The van der Waals surface area contributed by atoms with Gasteiger partial charge in [0.2, 0.25) is 5.88 Å². The van der Waals surface area contributed by atoms with E-state index in [0.29, 0.717) is 16.8 Å². The van der Waals surface area contributed by atoms with E-state index in [4.69, 9.17) is 0 Å². The second kappa shape index (κ2) is 8.67. The SMILES string of the molecule is O=c1[nH]c(O)c(C=Nc2cccc(S(=O)(=O)Nc3cccc(C(F)(F)F)c3)c2)c2ccccc12. The molecule has 174 valence electrons. The van der Waals surface area contributed by atoms with Gasteiger partial charge in [-0.15, -0.1) is 0 Å². The lowest BCUT2D eigenvalue weighted by molar-refractivity contribution is -0.137. The highest BCUT2D eigenvalue weighted by Crippen LogP contribution is 2.31. The summed E-state index contributed by atoms with van der Waals surface area (Å²) < 4.78 is 66.3. The zero-order chi connectivity index (χ0) is 24.5. The van der Waals surface area contributed by atoms with Gasteiger partial charge in [0.05, 0.1) is 21.7 Å². The normalized spacial score (nSPS) is 12.3. The van der Waals surface area contributed by atoms with E-state index < -0.39 is 33.2 Å². The van der Waals surface area contributed by atoms with Gasteiger partial charge in [-0.3, -0.25) is 19.5 Å². The molecule has 4 aromatic rings. The van der Waals surface area contributed by atoms with E-state index in [1.807, 2.05) is 0 Å². The molecule has 1 aromatic heterocycles. The Labute approximate surface area is 191 Å². The minimum atomic E-state index is -4.62. The molecule has 0 saturated heterocycles. The van der Waals surface area contributed by atoms with Crippen LogP contribution in [0.5, 0.6) is 5.88 Å². The third kappa shape index (κ3) is 4.79. The Bertz CT molecular complexity index is 1580. The van der Waals surface area contributed by atoms with Crippen LogP contribution in [0.25, 0.3) is 10.8 Å². The van der Waals surface area contributed by atoms with Crippen LogP contribution < -0.4 is 10.3 Å². The summed E-state index contributed by atoms with van der Waals surface area (Å²) in [6, 6.07) is 15.8. The van der Waals surface area contributed by atoms with E-state index in [9.17, 15) is 31.5 Å². The Morgan fingerprint density at radius 1 is 0.941 bits per heavy atom. The van der Waals surface area contributed by atoms with Crippen molar-refractivity contribution in [3.8, 4) is 5.88 Å². The van der Waals surface area contributed by atoms with Gasteiger partial charge >= 0.3 is 6.18 Å². The van der Waals surface area contributed by atoms with Crippen molar-refractivity contribution in [1.29, 1.82) is 0 Å². The largest absolute Gasteiger partial charge is 0.494 e. The highest BCUT2D eigenvalue weighted by Gasteiger charge is 2.30. The van der Waals surface area contributed by atoms with Crippen molar-refractivity contribution < 1.29 is 26.7 Å². The molecule has 0 fully saturated rings. The Kier molecular flexibility index (Phi) is 5.88. The van der Waals surface area contributed by atoms with Crippen molar-refractivity contribution in [1.82, 2.24) is 4.98 Å². The number of aromatic amines is 1. The lowest BCUT2D eigenvalue weighted by atomic mass is 10.1. The number of halogens is 3. The smallest absolute Gasteiger partial charge is 0.416 e. The fourth-order valence-electron chi connectivity index (χ4n) is 3.26. The van der Waals surface area contributed by atoms with Crippen LogP contribution >= 0.6 is 0 Å². The molecule has 0 aliphatic rings. The van der Waals surface area contributed by atoms with Crippen LogP contribution in [0.4, 0.5) is 24.5 Å². The number of alkyl halides is 3. The average Bonchev–Trinajstić information content (AvgIpc) is 2.78. The van der Waals surface area contributed by atoms with Crippen LogP contribution in [0.2, 0.25) is 0 Å². The summed E-state index contributed by atoms with van der Waals surface area (Å²) in [7, 11) is -4.22. The summed E-state index contributed by atoms with van der Waals surface area (Å²) in [5.74, 6) is -0.401. The standard InChI is InChI=1S/C23H16F3N3O4S/c24-23(25,26)14-5-3-7-16(11-14)29-34(32,33)17-8-4-6-15(12-17)27-13-20-18-9-1-2-10-19(18)21(30)28-22(20)31/h1-13,29H,(H2,28,30,31). The molecule has 0 radical (unpaired) electrons. The summed E-state index contributed by atoms with van der Waals surface area (Å²) in [5.41, 5.74) is -1.28. The van der Waals surface area contributed by atoms with Crippen LogP contribution in [0.3, 0.4) is 0 Å². The topological polar surface area (TPSA) is 112 Å². The third-order valence-corrected chi connectivity index (χ3v) is 6.24. The van der Waals surface area contributed by atoms with Crippen LogP contribution in [0.1, 0.15) is 11.1 Å². The minimum Gasteiger partial charge on any atom is -0.494 e. The van der Waals surface area contributed by atoms with Gasteiger partial charge in [-0.2, -0.15) is 13.2 Å². The van der Waals surface area contributed by atoms with Crippen molar-refractivity contribution in [3.05, 3.63) is 94.3 Å². The van der Waals surface area contributed by atoms with E-state index in [-0.39, 0.29) is 21.8 Å². The first-order valence-electron chi connectivity index (χ1n) is 9.73. The van der Waals surface area contributed by atoms with E-state index in [1.54, 1.807) is 24.3 Å². The van der Waals surface area contributed by atoms with Gasteiger partial charge in [0.15, 0.2) is 0 Å². The highest BCUT2D eigenvalue weighted by molar-refractivity contribution is 7.92. The lowest BCUT2D eigenvalue weighted by Gasteiger charge is -2.11. The summed E-state index contributed by atoms with van der Waals surface area (Å²) >= 11 is 0. The maximum absolute atomic E-state index is 12.9. The number of aliphatic imine (C=N–C) groups is 1. The Hall–Kier alpha value is -4.12. The van der Waals surface area contributed by atoms with Crippen molar-refractivity contribution in [2.45, 2.75) is 11.1 Å². The number of benzene rings is 3. The van der Waals surface area contributed by atoms with Crippen molar-refractivity contribution in [2.24, 2.45) is 4.99 Å². The fraction of sp³-hybridized carbons (Fsp3) is 0.0435. The predicted octanol–water partition coefficient (Wildman–Crippen LogP) is 4.80. The van der Waals surface area contributed by atoms with Crippen molar-refractivity contribution in [3.63, 3.8) is 0 Å². The summed E-state index contributed by atoms with van der Waals surface area (Å²) in [6.07, 6.45) is -3.34. The zero-order valence-corrected chi connectivity index (χ0v) is 18.0. The first-order valence-corrected chi connectivity index (χ1v) is 11.2. The second-order valence-electron chi connectivity index (χ2n) is 7.20. The molecule has 3 N–H and O–H groups in total. The van der Waals surface area contributed by atoms with Gasteiger partial charge in [0, 0.05) is 22.7 Å². The number of nitrogens with zero attached hydrogens (tertiary/aromatic N) is 1. The van der Waals surface area contributed by atoms with E-state index in [1.165, 1.54) is 36.5 Å². The fourth-order valence-corrected chi connectivity index (χ4v) is 4.35. The molecule has 0 amide bonds. The molecule has 0 saturated carbocycles. The molecular weight excluding hydrogens is 471 g/mol. The second-order valence-corrected chi connectivity index (χ2v) is 8.88. The summed E-state index contributed by atoms with van der Waals surface area (Å²) in [6.45, 7) is 0. The van der Waals surface area contributed by atoms with Gasteiger partial charge in [-0.1, -0.05) is 30.3 Å². The number of H-pyrrole nitrogens is 1. The quantitative estimate of drug-likeness (QED) is 0.351. The van der Waals surface area contributed by atoms with Crippen molar-refractivity contribution >= 4 is 38.4 Å². The molecule has 0 aliphatic heterocycles. The molecule has 11 heteroatoms. The number of anilines is 1. The summed E-state index contributed by atoms with van der Waals surface area (Å²) in [4.78, 5) is 18.3. The molecule has 0 aliphatic carbocycles. The van der Waals surface area contributed by atoms with Gasteiger partial charge in [0.25, 0.3) is 15.6 Å². The maximum Gasteiger partial charge on any atom is 0.416 e. The molecule has 0 atom stereocenters. The van der Waals surface area contributed by atoms with Crippen LogP contribution in [-0.4, -0.2) is 24.7 Å². The number of rotatable bonds is 5. The molecule has 3 aromatic carbocycles. The first kappa shape index (κ1) is 23.1. The van der Waals surface area contributed by atoms with Gasteiger partial charge < -0.3 is 5.11 Å². The molecule has 0 spiro atoms. The van der Waals surface area contributed by atoms with Crippen LogP contribution in [0.15, 0.2) is 87.5 Å². The zero-order valence-electron chi connectivity index (χ0n) is 17.2. The maximum atomic E-state index is 12.9. The van der Waals surface area contributed by atoms with Crippen LogP contribution in [-0.2, 0) is 16.2 Å².